The van der Waals surface area contributed by atoms with Crippen molar-refractivity contribution >= 4 is 17.4 Å². The minimum atomic E-state index is -0.621. The number of ketones is 1. The van der Waals surface area contributed by atoms with Crippen molar-refractivity contribution in [3.05, 3.63) is 76.4 Å². The average Bonchev–Trinajstić information content (AvgIpc) is 2.79. The van der Waals surface area contributed by atoms with Crippen molar-refractivity contribution in [1.29, 1.82) is 0 Å². The number of halogens is 1. The van der Waals surface area contributed by atoms with Crippen LogP contribution < -0.4 is 20.1 Å². The molecule has 2 N–H and O–H groups in total. The largest absolute Gasteiger partial charge is 0.497 e. The lowest BCUT2D eigenvalue weighted by Crippen LogP contribution is -2.35. The van der Waals surface area contributed by atoms with E-state index in [1.54, 1.807) is 32.4 Å². The van der Waals surface area contributed by atoms with Crippen LogP contribution in [0.5, 0.6) is 11.5 Å². The van der Waals surface area contributed by atoms with Gasteiger partial charge in [-0.1, -0.05) is 0 Å². The molecule has 1 amide bonds. The summed E-state index contributed by atoms with van der Waals surface area (Å²) >= 11 is 0. The van der Waals surface area contributed by atoms with Crippen LogP contribution in [0.25, 0.3) is 0 Å². The molecule has 1 aliphatic carbocycles. The average molecular weight is 436 g/mol. The fourth-order valence-electron chi connectivity index (χ4n) is 4.39. The fraction of sp³-hybridized carbons (Fsp3) is 0.280. The van der Waals surface area contributed by atoms with Crippen LogP contribution in [0.1, 0.15) is 37.7 Å². The molecule has 0 spiro atoms. The highest BCUT2D eigenvalue weighted by molar-refractivity contribution is 6.10. The predicted molar refractivity (Wildman–Crippen MR) is 119 cm³/mol. The number of carbonyl (C=O) groups excluding carboxylic acids is 2. The van der Waals surface area contributed by atoms with Gasteiger partial charge in [-0.15, -0.1) is 0 Å². The zero-order valence-electron chi connectivity index (χ0n) is 18.3. The van der Waals surface area contributed by atoms with E-state index in [4.69, 9.17) is 9.47 Å². The lowest BCUT2D eigenvalue weighted by molar-refractivity contribution is -0.116. The number of methoxy groups -OCH3 is 2. The summed E-state index contributed by atoms with van der Waals surface area (Å²) in [6, 6.07) is 10.9. The number of allylic oxidation sites excluding steroid dienone is 3. The Morgan fingerprint density at radius 1 is 1.09 bits per heavy atom. The Labute approximate surface area is 186 Å². The standard InChI is InChI=1S/C25H25FN2O4/c1-14-22(25(30)28-16-9-7-15(26)8-10-16)23(24-19(27-14)5-4-6-20(24)29)18-13-17(31-2)11-12-21(18)32-3/h7-13,23,27H,4-6H2,1-3H3,(H,28,30). The van der Waals surface area contributed by atoms with Crippen LogP contribution in [0, 0.1) is 5.82 Å². The van der Waals surface area contributed by atoms with E-state index < -0.39 is 5.92 Å². The minimum Gasteiger partial charge on any atom is -0.497 e. The van der Waals surface area contributed by atoms with Crippen LogP contribution in [0.2, 0.25) is 0 Å². The second kappa shape index (κ2) is 8.86. The number of amides is 1. The lowest BCUT2D eigenvalue weighted by Gasteiger charge is -2.35. The molecule has 2 aromatic rings. The summed E-state index contributed by atoms with van der Waals surface area (Å²) in [5.41, 5.74) is 3.63. The first-order valence-electron chi connectivity index (χ1n) is 10.5. The molecular formula is C25H25FN2O4. The van der Waals surface area contributed by atoms with Crippen molar-refractivity contribution in [2.75, 3.05) is 19.5 Å². The number of nitrogens with one attached hydrogen (secondary N) is 2. The number of hydrogen-bond donors (Lipinski definition) is 2. The molecule has 1 aliphatic heterocycles. The van der Waals surface area contributed by atoms with E-state index in [-0.39, 0.29) is 17.5 Å². The summed E-state index contributed by atoms with van der Waals surface area (Å²) in [5.74, 6) is -0.220. The molecule has 0 fully saturated rings. The zero-order chi connectivity index (χ0) is 22.8. The van der Waals surface area contributed by atoms with E-state index in [0.29, 0.717) is 46.0 Å². The number of anilines is 1. The smallest absolute Gasteiger partial charge is 0.254 e. The third kappa shape index (κ3) is 3.98. The molecule has 0 radical (unpaired) electrons. The van der Waals surface area contributed by atoms with E-state index >= 15 is 0 Å². The molecule has 0 saturated heterocycles. The summed E-state index contributed by atoms with van der Waals surface area (Å²) in [6.07, 6.45) is 1.92. The molecule has 2 aromatic carbocycles. The molecule has 1 unspecified atom stereocenters. The molecule has 4 rings (SSSR count). The van der Waals surface area contributed by atoms with Gasteiger partial charge in [0.05, 0.1) is 20.1 Å². The fourth-order valence-corrected chi connectivity index (χ4v) is 4.39. The summed E-state index contributed by atoms with van der Waals surface area (Å²) in [7, 11) is 3.12. The van der Waals surface area contributed by atoms with E-state index in [1.807, 2.05) is 6.92 Å². The van der Waals surface area contributed by atoms with Gasteiger partial charge in [-0.25, -0.2) is 4.39 Å². The first kappa shape index (κ1) is 21.6. The number of rotatable bonds is 5. The van der Waals surface area contributed by atoms with Gasteiger partial charge in [0.1, 0.15) is 17.3 Å². The number of dihydropyridines is 1. The summed E-state index contributed by atoms with van der Waals surface area (Å²) in [4.78, 5) is 26.5. The van der Waals surface area contributed by atoms with Crippen molar-refractivity contribution in [3.63, 3.8) is 0 Å². The molecule has 0 aromatic heterocycles. The van der Waals surface area contributed by atoms with Gasteiger partial charge in [-0.3, -0.25) is 9.59 Å². The Morgan fingerprint density at radius 3 is 2.53 bits per heavy atom. The number of benzene rings is 2. The van der Waals surface area contributed by atoms with Crippen molar-refractivity contribution in [3.8, 4) is 11.5 Å². The van der Waals surface area contributed by atoms with E-state index in [0.717, 1.165) is 18.5 Å². The molecule has 1 atom stereocenters. The molecular weight excluding hydrogens is 411 g/mol. The molecule has 1 heterocycles. The number of carbonyl (C=O) groups is 2. The van der Waals surface area contributed by atoms with E-state index in [2.05, 4.69) is 10.6 Å². The van der Waals surface area contributed by atoms with E-state index in [1.165, 1.54) is 24.3 Å². The maximum Gasteiger partial charge on any atom is 0.254 e. The zero-order valence-corrected chi connectivity index (χ0v) is 18.3. The quantitative estimate of drug-likeness (QED) is 0.724. The van der Waals surface area contributed by atoms with Gasteiger partial charge in [0.2, 0.25) is 0 Å². The van der Waals surface area contributed by atoms with Gasteiger partial charge in [-0.2, -0.15) is 0 Å². The molecule has 166 valence electrons. The van der Waals surface area contributed by atoms with E-state index in [9.17, 15) is 14.0 Å². The van der Waals surface area contributed by atoms with Gasteiger partial charge >= 0.3 is 0 Å². The molecule has 6 nitrogen and oxygen atoms in total. The topological polar surface area (TPSA) is 76.7 Å². The third-order valence-corrected chi connectivity index (χ3v) is 5.87. The van der Waals surface area contributed by atoms with Crippen LogP contribution in [0.3, 0.4) is 0 Å². The van der Waals surface area contributed by atoms with Crippen molar-refractivity contribution in [2.24, 2.45) is 0 Å². The molecule has 2 aliphatic rings. The summed E-state index contributed by atoms with van der Waals surface area (Å²) in [6.45, 7) is 1.82. The maximum absolute atomic E-state index is 13.5. The Bertz CT molecular complexity index is 1140. The highest BCUT2D eigenvalue weighted by atomic mass is 19.1. The van der Waals surface area contributed by atoms with Crippen molar-refractivity contribution in [1.82, 2.24) is 5.32 Å². The van der Waals surface area contributed by atoms with Crippen LogP contribution in [-0.4, -0.2) is 25.9 Å². The maximum atomic E-state index is 13.5. The van der Waals surface area contributed by atoms with Crippen LogP contribution in [-0.2, 0) is 9.59 Å². The Balaban J connectivity index is 1.85. The number of Topliss-reactive ketones (excluding diaryl/α,β-unsaturated/α-hetero) is 1. The van der Waals surface area contributed by atoms with Gasteiger partial charge < -0.3 is 20.1 Å². The van der Waals surface area contributed by atoms with Gasteiger partial charge in [-0.05, 0) is 62.2 Å². The first-order valence-corrected chi connectivity index (χ1v) is 10.5. The second-order valence-electron chi connectivity index (χ2n) is 7.83. The molecule has 32 heavy (non-hydrogen) atoms. The minimum absolute atomic E-state index is 0.00760. The summed E-state index contributed by atoms with van der Waals surface area (Å²) < 4.78 is 24.3. The second-order valence-corrected chi connectivity index (χ2v) is 7.83. The highest BCUT2D eigenvalue weighted by Crippen LogP contribution is 2.46. The Morgan fingerprint density at radius 2 is 1.84 bits per heavy atom. The monoisotopic (exact) mass is 436 g/mol. The first-order chi connectivity index (χ1) is 15.4. The number of hydrogen-bond acceptors (Lipinski definition) is 5. The summed E-state index contributed by atoms with van der Waals surface area (Å²) in [5, 5.41) is 6.12. The van der Waals surface area contributed by atoms with Gasteiger partial charge in [0.25, 0.3) is 5.91 Å². The number of ether oxygens (including phenoxy) is 2. The normalized spacial score (nSPS) is 18.1. The van der Waals surface area contributed by atoms with Crippen molar-refractivity contribution in [2.45, 2.75) is 32.1 Å². The van der Waals surface area contributed by atoms with Crippen LogP contribution >= 0.6 is 0 Å². The van der Waals surface area contributed by atoms with Gasteiger partial charge in [0.15, 0.2) is 5.78 Å². The van der Waals surface area contributed by atoms with Crippen LogP contribution in [0.15, 0.2) is 65.0 Å². The Kier molecular flexibility index (Phi) is 5.99. The van der Waals surface area contributed by atoms with Crippen LogP contribution in [0.4, 0.5) is 10.1 Å². The van der Waals surface area contributed by atoms with Gasteiger partial charge in [0, 0.05) is 40.2 Å². The SMILES string of the molecule is COc1ccc(OC)c(C2C(C(=O)Nc3ccc(F)cc3)=C(C)NC3=C2C(=O)CCC3)c1. The lowest BCUT2D eigenvalue weighted by atomic mass is 9.74. The molecule has 0 bridgehead atoms. The molecule has 7 heteroatoms. The Hall–Kier alpha value is -3.61. The predicted octanol–water partition coefficient (Wildman–Crippen LogP) is 4.45. The van der Waals surface area contributed by atoms with Crippen molar-refractivity contribution < 1.29 is 23.5 Å². The molecule has 0 saturated carbocycles. The highest BCUT2D eigenvalue weighted by Gasteiger charge is 2.40. The third-order valence-electron chi connectivity index (χ3n) is 5.87.